The van der Waals surface area contributed by atoms with Crippen molar-refractivity contribution in [3.8, 4) is 11.5 Å². The first-order valence-electron chi connectivity index (χ1n) is 12.4. The van der Waals surface area contributed by atoms with Crippen molar-refractivity contribution in [2.24, 2.45) is 0 Å². The van der Waals surface area contributed by atoms with Crippen LogP contribution in [-0.4, -0.2) is 27.7 Å². The minimum absolute atomic E-state index is 0.0249. The van der Waals surface area contributed by atoms with Crippen molar-refractivity contribution in [3.05, 3.63) is 97.4 Å². The smallest absolute Gasteiger partial charge is 0.331 e. The third-order valence-electron chi connectivity index (χ3n) is 6.35. The van der Waals surface area contributed by atoms with Gasteiger partial charge in [-0.3, -0.25) is 23.5 Å². The molecule has 0 aliphatic carbocycles. The van der Waals surface area contributed by atoms with Crippen LogP contribution in [0.4, 0.5) is 10.1 Å². The second-order valence-corrected chi connectivity index (χ2v) is 10.00. The van der Waals surface area contributed by atoms with Gasteiger partial charge in [-0.05, 0) is 54.4 Å². The second kappa shape index (κ2) is 11.7. The van der Waals surface area contributed by atoms with Gasteiger partial charge in [0, 0.05) is 24.0 Å². The van der Waals surface area contributed by atoms with E-state index in [1.165, 1.54) is 16.7 Å². The lowest BCUT2D eigenvalue weighted by Crippen LogP contribution is -2.42. The standard InChI is InChI=1S/C28H24BrFN4O6/c29-18-8-9-21(20(30)13-18)32-26(36)15-34-22-5-2-1-4-19(22)27(37)33(28(34)38)11-3-6-25(35)31-14-17-7-10-23-24(12-17)40-16-39-23/h1-2,4-5,7-10,12-13H,3,6,11,14-16H2,(H,31,35)(H,32,36). The zero-order valence-corrected chi connectivity index (χ0v) is 22.7. The van der Waals surface area contributed by atoms with E-state index in [0.717, 1.165) is 10.1 Å². The number of hydrogen-bond donors (Lipinski definition) is 2. The number of rotatable bonds is 9. The van der Waals surface area contributed by atoms with E-state index in [9.17, 15) is 23.6 Å². The van der Waals surface area contributed by atoms with Gasteiger partial charge in [-0.15, -0.1) is 0 Å². The normalized spacial score (nSPS) is 11.9. The first kappa shape index (κ1) is 27.1. The summed E-state index contributed by atoms with van der Waals surface area (Å²) in [6, 6.07) is 16.0. The van der Waals surface area contributed by atoms with Gasteiger partial charge in [0.1, 0.15) is 12.4 Å². The average molecular weight is 611 g/mol. The maximum absolute atomic E-state index is 14.2. The number of benzene rings is 3. The van der Waals surface area contributed by atoms with Gasteiger partial charge in [0.25, 0.3) is 5.56 Å². The van der Waals surface area contributed by atoms with E-state index in [0.29, 0.717) is 16.0 Å². The SMILES string of the molecule is O=C(CCCn1c(=O)c2ccccc2n(CC(=O)Nc2ccc(Br)cc2F)c1=O)NCc1ccc2c(c1)OCO2. The van der Waals surface area contributed by atoms with Crippen LogP contribution in [0.15, 0.2) is 74.7 Å². The number of para-hydroxylation sites is 1. The van der Waals surface area contributed by atoms with Gasteiger partial charge in [-0.25, -0.2) is 9.18 Å². The molecule has 0 saturated heterocycles. The Bertz CT molecular complexity index is 1730. The summed E-state index contributed by atoms with van der Waals surface area (Å²) in [4.78, 5) is 51.6. The Labute approximate surface area is 235 Å². The van der Waals surface area contributed by atoms with E-state index < -0.39 is 29.5 Å². The van der Waals surface area contributed by atoms with Gasteiger partial charge in [0.15, 0.2) is 11.5 Å². The van der Waals surface area contributed by atoms with Gasteiger partial charge in [-0.1, -0.05) is 34.1 Å². The number of ether oxygens (including phenoxy) is 2. The number of nitrogens with zero attached hydrogens (tertiary/aromatic N) is 2. The molecule has 0 fully saturated rings. The predicted octanol–water partition coefficient (Wildman–Crippen LogP) is 3.53. The van der Waals surface area contributed by atoms with Gasteiger partial charge in [-0.2, -0.15) is 0 Å². The van der Waals surface area contributed by atoms with Crippen molar-refractivity contribution in [3.63, 3.8) is 0 Å². The van der Waals surface area contributed by atoms with Crippen molar-refractivity contribution in [1.29, 1.82) is 0 Å². The highest BCUT2D eigenvalue weighted by atomic mass is 79.9. The molecule has 5 rings (SSSR count). The molecule has 0 atom stereocenters. The van der Waals surface area contributed by atoms with Crippen LogP contribution in [-0.2, 0) is 29.2 Å². The van der Waals surface area contributed by atoms with Gasteiger partial charge < -0.3 is 20.1 Å². The molecule has 1 aliphatic heterocycles. The summed E-state index contributed by atoms with van der Waals surface area (Å²) in [7, 11) is 0. The highest BCUT2D eigenvalue weighted by Crippen LogP contribution is 2.32. The Balaban J connectivity index is 1.27. The zero-order chi connectivity index (χ0) is 28.2. The quantitative estimate of drug-likeness (QED) is 0.299. The first-order chi connectivity index (χ1) is 19.3. The van der Waals surface area contributed by atoms with Crippen LogP contribution in [0, 0.1) is 5.82 Å². The van der Waals surface area contributed by atoms with Crippen molar-refractivity contribution >= 4 is 44.3 Å². The predicted molar refractivity (Wildman–Crippen MR) is 149 cm³/mol. The number of carbonyl (C=O) groups is 2. The minimum atomic E-state index is -0.698. The van der Waals surface area contributed by atoms with Crippen LogP contribution in [0.2, 0.25) is 0 Å². The molecule has 206 valence electrons. The minimum Gasteiger partial charge on any atom is -0.454 e. The van der Waals surface area contributed by atoms with Crippen LogP contribution >= 0.6 is 15.9 Å². The molecule has 2 amide bonds. The Kier molecular flexibility index (Phi) is 7.96. The molecule has 0 spiro atoms. The Morgan fingerprint density at radius 2 is 1.75 bits per heavy atom. The number of anilines is 1. The van der Waals surface area contributed by atoms with Crippen molar-refractivity contribution < 1.29 is 23.5 Å². The number of halogens is 2. The lowest BCUT2D eigenvalue weighted by atomic mass is 10.2. The topological polar surface area (TPSA) is 121 Å². The first-order valence-corrected chi connectivity index (χ1v) is 13.2. The molecule has 2 N–H and O–H groups in total. The monoisotopic (exact) mass is 610 g/mol. The molecule has 40 heavy (non-hydrogen) atoms. The molecule has 0 saturated carbocycles. The van der Waals surface area contributed by atoms with Crippen LogP contribution in [0.25, 0.3) is 10.9 Å². The highest BCUT2D eigenvalue weighted by molar-refractivity contribution is 9.10. The highest BCUT2D eigenvalue weighted by Gasteiger charge is 2.17. The van der Waals surface area contributed by atoms with E-state index >= 15 is 0 Å². The molecule has 10 nitrogen and oxygen atoms in total. The maximum atomic E-state index is 14.2. The van der Waals surface area contributed by atoms with Crippen LogP contribution in [0.3, 0.4) is 0 Å². The van der Waals surface area contributed by atoms with Crippen LogP contribution < -0.4 is 31.4 Å². The Morgan fingerprint density at radius 3 is 2.58 bits per heavy atom. The summed E-state index contributed by atoms with van der Waals surface area (Å²) in [6.07, 6.45) is 0.295. The molecule has 4 aromatic rings. The maximum Gasteiger partial charge on any atom is 0.331 e. The van der Waals surface area contributed by atoms with E-state index in [4.69, 9.17) is 9.47 Å². The fourth-order valence-electron chi connectivity index (χ4n) is 4.38. The second-order valence-electron chi connectivity index (χ2n) is 9.08. The van der Waals surface area contributed by atoms with Crippen LogP contribution in [0.1, 0.15) is 18.4 Å². The summed E-state index contributed by atoms with van der Waals surface area (Å²) in [5, 5.41) is 5.52. The number of fused-ring (bicyclic) bond motifs is 2. The summed E-state index contributed by atoms with van der Waals surface area (Å²) in [5.41, 5.74) is -0.132. The largest absolute Gasteiger partial charge is 0.454 e. The number of aromatic nitrogens is 2. The van der Waals surface area contributed by atoms with Crippen molar-refractivity contribution in [1.82, 2.24) is 14.5 Å². The van der Waals surface area contributed by atoms with Crippen molar-refractivity contribution in [2.75, 3.05) is 12.1 Å². The molecule has 3 aromatic carbocycles. The molecular weight excluding hydrogens is 587 g/mol. The van der Waals surface area contributed by atoms with E-state index in [1.54, 1.807) is 42.5 Å². The molecule has 1 aliphatic rings. The summed E-state index contributed by atoms with van der Waals surface area (Å²) < 4.78 is 27.5. The molecule has 12 heteroatoms. The van der Waals surface area contributed by atoms with Gasteiger partial charge >= 0.3 is 5.69 Å². The number of hydrogen-bond acceptors (Lipinski definition) is 6. The number of nitrogens with one attached hydrogen (secondary N) is 2. The zero-order valence-electron chi connectivity index (χ0n) is 21.1. The van der Waals surface area contributed by atoms with Gasteiger partial charge in [0.2, 0.25) is 18.6 Å². The molecule has 0 unspecified atom stereocenters. The fraction of sp³-hybridized carbons (Fsp3) is 0.214. The fourth-order valence-corrected chi connectivity index (χ4v) is 4.72. The lowest BCUT2D eigenvalue weighted by Gasteiger charge is -2.14. The number of carbonyl (C=O) groups excluding carboxylic acids is 2. The summed E-state index contributed by atoms with van der Waals surface area (Å²) in [6.45, 7) is -0.0181. The molecule has 0 radical (unpaired) electrons. The van der Waals surface area contributed by atoms with E-state index in [-0.39, 0.29) is 55.2 Å². The van der Waals surface area contributed by atoms with Crippen LogP contribution in [0.5, 0.6) is 11.5 Å². The van der Waals surface area contributed by atoms with Gasteiger partial charge in [0.05, 0.1) is 16.6 Å². The van der Waals surface area contributed by atoms with E-state index in [1.807, 2.05) is 6.07 Å². The van der Waals surface area contributed by atoms with E-state index in [2.05, 4.69) is 26.6 Å². The molecule has 0 bridgehead atoms. The average Bonchev–Trinajstić information content (AvgIpc) is 3.41. The summed E-state index contributed by atoms with van der Waals surface area (Å²) in [5.74, 6) is -0.250. The summed E-state index contributed by atoms with van der Waals surface area (Å²) >= 11 is 3.16. The third-order valence-corrected chi connectivity index (χ3v) is 6.84. The third kappa shape index (κ3) is 5.91. The molecule has 1 aromatic heterocycles. The number of amides is 2. The Hall–Kier alpha value is -4.45. The molecule has 2 heterocycles. The van der Waals surface area contributed by atoms with Crippen molar-refractivity contribution in [2.45, 2.75) is 32.5 Å². The Morgan fingerprint density at radius 1 is 0.950 bits per heavy atom. The molecular formula is C28H24BrFN4O6. The lowest BCUT2D eigenvalue weighted by molar-refractivity contribution is -0.121.